The molecule has 0 radical (unpaired) electrons. The Morgan fingerprint density at radius 3 is 2.85 bits per heavy atom. The number of ether oxygens (including phenoxy) is 3. The maximum Gasteiger partial charge on any atom is 0.311 e. The number of esters is 1. The molecule has 1 aromatic heterocycles. The molecule has 0 aromatic carbocycles. The molecule has 0 bridgehead atoms. The van der Waals surface area contributed by atoms with Crippen molar-refractivity contribution in [2.24, 2.45) is 5.92 Å². The van der Waals surface area contributed by atoms with Crippen LogP contribution in [0.1, 0.15) is 36.2 Å². The minimum atomic E-state index is -0.252. The van der Waals surface area contributed by atoms with E-state index < -0.39 is 0 Å². The average Bonchev–Trinajstić information content (AvgIpc) is 3.01. The summed E-state index contributed by atoms with van der Waals surface area (Å²) in [6.07, 6.45) is 5.87. The van der Waals surface area contributed by atoms with Crippen LogP contribution < -0.4 is 9.47 Å². The molecule has 0 saturated heterocycles. The van der Waals surface area contributed by atoms with Crippen LogP contribution in [-0.4, -0.2) is 31.1 Å². The average molecular weight is 279 g/mol. The number of pyridine rings is 1. The normalized spacial score (nSPS) is 14.8. The van der Waals surface area contributed by atoms with E-state index in [4.69, 9.17) is 14.2 Å². The molecule has 6 nitrogen and oxygen atoms in total. The predicted molar refractivity (Wildman–Crippen MR) is 69.7 cm³/mol. The summed E-state index contributed by atoms with van der Waals surface area (Å²) in [4.78, 5) is 26.5. The highest BCUT2D eigenvalue weighted by atomic mass is 16.7. The first-order valence-electron chi connectivity index (χ1n) is 6.54. The first kappa shape index (κ1) is 14.3. The third-order valence-electron chi connectivity index (χ3n) is 3.32. The molecule has 20 heavy (non-hydrogen) atoms. The summed E-state index contributed by atoms with van der Waals surface area (Å²) in [5.41, 5.74) is 0.112. The van der Waals surface area contributed by atoms with E-state index >= 15 is 0 Å². The molecular formula is C14H17NO5. The van der Waals surface area contributed by atoms with Gasteiger partial charge in [0.05, 0.1) is 13.0 Å². The number of rotatable bonds is 6. The number of carbonyl (C=O) groups is 2. The summed E-state index contributed by atoms with van der Waals surface area (Å²) in [5.74, 6) is 0.279. The number of carbonyl (C=O) groups excluding carboxylic acids is 2. The monoisotopic (exact) mass is 279 g/mol. The fraction of sp³-hybridized carbons (Fsp3) is 0.500. The number of aromatic nitrogens is 1. The van der Waals surface area contributed by atoms with Gasteiger partial charge in [0.15, 0.2) is 17.8 Å². The van der Waals surface area contributed by atoms with Crippen molar-refractivity contribution in [2.75, 3.05) is 13.9 Å². The Bertz CT molecular complexity index is 482. The van der Waals surface area contributed by atoms with Gasteiger partial charge in [-0.15, -0.1) is 0 Å². The maximum atomic E-state index is 11.7. The van der Waals surface area contributed by atoms with Crippen molar-refractivity contribution < 1.29 is 23.8 Å². The summed E-state index contributed by atoms with van der Waals surface area (Å²) in [5, 5.41) is 0. The van der Waals surface area contributed by atoms with Crippen molar-refractivity contribution in [3.8, 4) is 11.5 Å². The lowest BCUT2D eigenvalue weighted by Crippen LogP contribution is -2.18. The highest BCUT2D eigenvalue weighted by Gasteiger charge is 2.24. The van der Waals surface area contributed by atoms with E-state index in [1.54, 1.807) is 6.07 Å². The number of aldehydes is 1. The minimum absolute atomic E-state index is 0.0278. The summed E-state index contributed by atoms with van der Waals surface area (Å²) in [6.45, 7) is -0.252. The van der Waals surface area contributed by atoms with Crippen molar-refractivity contribution in [2.45, 2.75) is 25.7 Å². The second-order valence-electron chi connectivity index (χ2n) is 4.55. The Hall–Kier alpha value is -2.11. The molecule has 6 heteroatoms. The first-order valence-corrected chi connectivity index (χ1v) is 6.54. The summed E-state index contributed by atoms with van der Waals surface area (Å²) in [7, 11) is 1.46. The van der Waals surface area contributed by atoms with Crippen LogP contribution in [0.4, 0.5) is 0 Å². The van der Waals surface area contributed by atoms with Crippen LogP contribution in [0.15, 0.2) is 12.3 Å². The fourth-order valence-corrected chi connectivity index (χ4v) is 2.26. The molecule has 1 aliphatic carbocycles. The third kappa shape index (κ3) is 3.26. The third-order valence-corrected chi connectivity index (χ3v) is 3.32. The SMILES string of the molecule is COc1ccnc(C=O)c1OCOC(=O)C1CCCC1. The maximum absolute atomic E-state index is 11.7. The van der Waals surface area contributed by atoms with E-state index in [2.05, 4.69) is 4.98 Å². The van der Waals surface area contributed by atoms with Crippen molar-refractivity contribution in [3.05, 3.63) is 18.0 Å². The molecule has 0 unspecified atom stereocenters. The van der Waals surface area contributed by atoms with E-state index in [9.17, 15) is 9.59 Å². The van der Waals surface area contributed by atoms with Crippen LogP contribution in [0, 0.1) is 5.92 Å². The van der Waals surface area contributed by atoms with E-state index in [1.165, 1.54) is 13.3 Å². The molecule has 1 heterocycles. The van der Waals surface area contributed by atoms with Crippen molar-refractivity contribution in [1.82, 2.24) is 4.98 Å². The van der Waals surface area contributed by atoms with Crippen LogP contribution in [-0.2, 0) is 9.53 Å². The highest BCUT2D eigenvalue weighted by Crippen LogP contribution is 2.29. The quantitative estimate of drug-likeness (QED) is 0.450. The number of nitrogens with zero attached hydrogens (tertiary/aromatic N) is 1. The Morgan fingerprint density at radius 2 is 2.20 bits per heavy atom. The van der Waals surface area contributed by atoms with Crippen LogP contribution in [0.3, 0.4) is 0 Å². The molecule has 1 aromatic rings. The van der Waals surface area contributed by atoms with E-state index in [0.717, 1.165) is 25.7 Å². The van der Waals surface area contributed by atoms with Gasteiger partial charge in [0.25, 0.3) is 0 Å². The predicted octanol–water partition coefficient (Wildman–Crippen LogP) is 1.97. The van der Waals surface area contributed by atoms with Gasteiger partial charge in [-0.2, -0.15) is 0 Å². The fourth-order valence-electron chi connectivity index (χ4n) is 2.26. The first-order chi connectivity index (χ1) is 9.76. The van der Waals surface area contributed by atoms with Gasteiger partial charge in [-0.25, -0.2) is 4.98 Å². The van der Waals surface area contributed by atoms with Gasteiger partial charge in [-0.1, -0.05) is 12.8 Å². The summed E-state index contributed by atoms with van der Waals surface area (Å²) >= 11 is 0. The standard InChI is InChI=1S/C14H17NO5/c1-18-12-6-7-15-11(8-16)13(12)19-9-20-14(17)10-4-2-3-5-10/h6-8,10H,2-5,9H2,1H3. The van der Waals surface area contributed by atoms with E-state index in [-0.39, 0.29) is 30.1 Å². The second kappa shape index (κ2) is 6.88. The Balaban J connectivity index is 1.93. The second-order valence-corrected chi connectivity index (χ2v) is 4.55. The number of hydrogen-bond donors (Lipinski definition) is 0. The van der Waals surface area contributed by atoms with Crippen LogP contribution >= 0.6 is 0 Å². The van der Waals surface area contributed by atoms with Gasteiger partial charge in [0.1, 0.15) is 5.69 Å². The smallest absolute Gasteiger partial charge is 0.311 e. The highest BCUT2D eigenvalue weighted by molar-refractivity contribution is 5.78. The molecule has 2 rings (SSSR count). The Labute approximate surface area is 117 Å². The lowest BCUT2D eigenvalue weighted by Gasteiger charge is -2.13. The zero-order valence-electron chi connectivity index (χ0n) is 11.3. The molecule has 0 amide bonds. The molecule has 0 N–H and O–H groups in total. The molecule has 1 saturated carbocycles. The van der Waals surface area contributed by atoms with Crippen molar-refractivity contribution in [3.63, 3.8) is 0 Å². The largest absolute Gasteiger partial charge is 0.493 e. The molecule has 0 aliphatic heterocycles. The van der Waals surface area contributed by atoms with Crippen molar-refractivity contribution >= 4 is 12.3 Å². The molecular weight excluding hydrogens is 262 g/mol. The molecule has 0 spiro atoms. The van der Waals surface area contributed by atoms with Crippen LogP contribution in [0.5, 0.6) is 11.5 Å². The van der Waals surface area contributed by atoms with E-state index in [0.29, 0.717) is 12.0 Å². The van der Waals surface area contributed by atoms with Gasteiger partial charge >= 0.3 is 5.97 Å². The molecule has 0 atom stereocenters. The molecule has 1 aliphatic rings. The van der Waals surface area contributed by atoms with E-state index in [1.807, 2.05) is 0 Å². The van der Waals surface area contributed by atoms with Crippen LogP contribution in [0.2, 0.25) is 0 Å². The van der Waals surface area contributed by atoms with Crippen molar-refractivity contribution in [1.29, 1.82) is 0 Å². The molecule has 1 fully saturated rings. The van der Waals surface area contributed by atoms with Crippen LogP contribution in [0.25, 0.3) is 0 Å². The zero-order valence-corrected chi connectivity index (χ0v) is 11.3. The van der Waals surface area contributed by atoms with Gasteiger partial charge < -0.3 is 14.2 Å². The zero-order chi connectivity index (χ0) is 14.4. The molecule has 108 valence electrons. The lowest BCUT2D eigenvalue weighted by molar-refractivity contribution is -0.155. The topological polar surface area (TPSA) is 74.7 Å². The minimum Gasteiger partial charge on any atom is -0.493 e. The van der Waals surface area contributed by atoms with Gasteiger partial charge in [-0.05, 0) is 12.8 Å². The Morgan fingerprint density at radius 1 is 1.45 bits per heavy atom. The van der Waals surface area contributed by atoms with Gasteiger partial charge in [-0.3, -0.25) is 9.59 Å². The number of methoxy groups -OCH3 is 1. The number of hydrogen-bond acceptors (Lipinski definition) is 6. The lowest BCUT2D eigenvalue weighted by atomic mass is 10.1. The summed E-state index contributed by atoms with van der Waals surface area (Å²) < 4.78 is 15.5. The van der Waals surface area contributed by atoms with Gasteiger partial charge in [0.2, 0.25) is 6.79 Å². The Kier molecular flexibility index (Phi) is 4.92. The van der Waals surface area contributed by atoms with Gasteiger partial charge in [0, 0.05) is 12.3 Å². The summed E-state index contributed by atoms with van der Waals surface area (Å²) in [6, 6.07) is 1.57.